The third-order valence-corrected chi connectivity index (χ3v) is 4.51. The number of hydrogen-bond donors (Lipinski definition) is 1. The average Bonchev–Trinajstić information content (AvgIpc) is 3.18. The normalized spacial score (nSPS) is 10.5. The Balaban J connectivity index is 1.58. The van der Waals surface area contributed by atoms with E-state index in [1.165, 1.54) is 0 Å². The summed E-state index contributed by atoms with van der Waals surface area (Å²) in [5.74, 6) is 1.35. The van der Waals surface area contributed by atoms with Crippen molar-refractivity contribution in [3.63, 3.8) is 0 Å². The molecular formula is C23H26N2O3. The molecule has 28 heavy (non-hydrogen) atoms. The van der Waals surface area contributed by atoms with Gasteiger partial charge in [-0.15, -0.1) is 0 Å². The van der Waals surface area contributed by atoms with Crippen molar-refractivity contribution in [3.8, 4) is 5.75 Å². The van der Waals surface area contributed by atoms with Gasteiger partial charge in [0, 0.05) is 24.5 Å². The average molecular weight is 378 g/mol. The third-order valence-electron chi connectivity index (χ3n) is 4.51. The van der Waals surface area contributed by atoms with Crippen LogP contribution in [0.2, 0.25) is 0 Å². The molecule has 1 amide bonds. The Morgan fingerprint density at radius 2 is 1.79 bits per heavy atom. The van der Waals surface area contributed by atoms with Crippen LogP contribution in [0.25, 0.3) is 0 Å². The summed E-state index contributed by atoms with van der Waals surface area (Å²) in [6.07, 6.45) is 0. The molecule has 1 N–H and O–H groups in total. The second kappa shape index (κ2) is 9.13. The molecule has 5 heteroatoms. The van der Waals surface area contributed by atoms with Gasteiger partial charge < -0.3 is 19.4 Å². The van der Waals surface area contributed by atoms with E-state index in [9.17, 15) is 4.79 Å². The number of carbonyl (C=O) groups excluding carboxylic acids is 1. The zero-order valence-corrected chi connectivity index (χ0v) is 16.6. The predicted octanol–water partition coefficient (Wildman–Crippen LogP) is 5.27. The van der Waals surface area contributed by atoms with E-state index in [4.69, 9.17) is 9.15 Å². The number of amides is 1. The highest BCUT2D eigenvalue weighted by molar-refractivity contribution is 6.02. The second-order valence-corrected chi connectivity index (χ2v) is 6.54. The van der Waals surface area contributed by atoms with E-state index in [-0.39, 0.29) is 18.3 Å². The van der Waals surface area contributed by atoms with E-state index in [1.54, 1.807) is 12.1 Å². The topological polar surface area (TPSA) is 54.7 Å². The summed E-state index contributed by atoms with van der Waals surface area (Å²) in [6.45, 7) is 8.42. The number of nitrogens with one attached hydrogen (secondary N) is 1. The number of benzene rings is 2. The molecule has 146 valence electrons. The van der Waals surface area contributed by atoms with Crippen LogP contribution in [-0.4, -0.2) is 19.0 Å². The van der Waals surface area contributed by atoms with Crippen LogP contribution in [0.4, 0.5) is 11.4 Å². The van der Waals surface area contributed by atoms with Crippen molar-refractivity contribution >= 4 is 17.3 Å². The van der Waals surface area contributed by atoms with Crippen LogP contribution in [0.15, 0.2) is 65.1 Å². The number of nitrogens with zero attached hydrogens (tertiary/aromatic N) is 1. The fraction of sp³-hybridized carbons (Fsp3) is 0.261. The molecule has 0 radical (unpaired) electrons. The van der Waals surface area contributed by atoms with Gasteiger partial charge >= 0.3 is 0 Å². The molecule has 0 saturated carbocycles. The van der Waals surface area contributed by atoms with E-state index in [0.29, 0.717) is 5.76 Å². The summed E-state index contributed by atoms with van der Waals surface area (Å²) in [6, 6.07) is 19.0. The monoisotopic (exact) mass is 378 g/mol. The molecular weight excluding hydrogens is 352 g/mol. The number of anilines is 2. The van der Waals surface area contributed by atoms with Crippen molar-refractivity contribution in [2.45, 2.75) is 27.4 Å². The van der Waals surface area contributed by atoms with Gasteiger partial charge in [-0.05, 0) is 74.9 Å². The Hall–Kier alpha value is -3.21. The zero-order valence-electron chi connectivity index (χ0n) is 16.6. The Kier molecular flexibility index (Phi) is 6.37. The van der Waals surface area contributed by atoms with Gasteiger partial charge in [0.1, 0.15) is 18.1 Å². The molecule has 0 aliphatic heterocycles. The van der Waals surface area contributed by atoms with Crippen LogP contribution in [-0.2, 0) is 6.61 Å². The molecule has 5 nitrogen and oxygen atoms in total. The molecule has 1 aromatic heterocycles. The molecule has 0 aliphatic carbocycles. The number of aryl methyl sites for hydroxylation is 1. The maximum absolute atomic E-state index is 12.4. The fourth-order valence-electron chi connectivity index (χ4n) is 2.97. The number of carbonyl (C=O) groups is 1. The fourth-order valence-corrected chi connectivity index (χ4v) is 2.97. The lowest BCUT2D eigenvalue weighted by Crippen LogP contribution is -2.21. The molecule has 0 unspecified atom stereocenters. The Morgan fingerprint density at radius 3 is 2.46 bits per heavy atom. The number of furan rings is 1. The largest absolute Gasteiger partial charge is 0.486 e. The molecule has 2 aromatic carbocycles. The number of rotatable bonds is 8. The summed E-state index contributed by atoms with van der Waals surface area (Å²) in [5, 5.41) is 2.86. The first-order chi connectivity index (χ1) is 13.6. The van der Waals surface area contributed by atoms with Crippen LogP contribution in [0.5, 0.6) is 5.75 Å². The molecule has 3 aromatic rings. The Labute approximate surface area is 165 Å². The van der Waals surface area contributed by atoms with Gasteiger partial charge in [0.2, 0.25) is 0 Å². The highest BCUT2D eigenvalue weighted by Crippen LogP contribution is 2.19. The van der Waals surface area contributed by atoms with E-state index in [1.807, 2.05) is 55.5 Å². The lowest BCUT2D eigenvalue weighted by molar-refractivity contribution is 0.0992. The minimum atomic E-state index is -0.280. The molecule has 0 spiro atoms. The van der Waals surface area contributed by atoms with E-state index in [0.717, 1.165) is 35.8 Å². The maximum atomic E-state index is 12.4. The van der Waals surface area contributed by atoms with Gasteiger partial charge in [-0.3, -0.25) is 4.79 Å². The lowest BCUT2D eigenvalue weighted by Gasteiger charge is -2.21. The van der Waals surface area contributed by atoms with Gasteiger partial charge in [-0.25, -0.2) is 0 Å². The van der Waals surface area contributed by atoms with E-state index >= 15 is 0 Å². The number of hydrogen-bond acceptors (Lipinski definition) is 4. The van der Waals surface area contributed by atoms with Gasteiger partial charge in [0.25, 0.3) is 5.91 Å². The highest BCUT2D eigenvalue weighted by Gasteiger charge is 2.12. The summed E-state index contributed by atoms with van der Waals surface area (Å²) >= 11 is 0. The smallest absolute Gasteiger partial charge is 0.291 e. The van der Waals surface area contributed by atoms with Crippen molar-refractivity contribution in [1.29, 1.82) is 0 Å². The molecule has 0 aliphatic rings. The second-order valence-electron chi connectivity index (χ2n) is 6.54. The van der Waals surface area contributed by atoms with Crippen LogP contribution in [0, 0.1) is 6.92 Å². The first-order valence-corrected chi connectivity index (χ1v) is 9.53. The SMILES string of the molecule is CCN(CC)c1ccc(NC(=O)c2ccc(COc3cccc(C)c3)o2)cc1. The summed E-state index contributed by atoms with van der Waals surface area (Å²) < 4.78 is 11.3. The van der Waals surface area contributed by atoms with Gasteiger partial charge in [-0.2, -0.15) is 0 Å². The van der Waals surface area contributed by atoms with Gasteiger partial charge in [0.05, 0.1) is 0 Å². The minimum absolute atomic E-state index is 0.260. The standard InChI is InChI=1S/C23H26N2O3/c1-4-25(5-2)19-11-9-18(10-12-19)24-23(26)22-14-13-21(28-22)16-27-20-8-6-7-17(3)15-20/h6-15H,4-5,16H2,1-3H3,(H,24,26). The van der Waals surface area contributed by atoms with Crippen LogP contribution >= 0.6 is 0 Å². The molecule has 0 fully saturated rings. The quantitative estimate of drug-likeness (QED) is 0.580. The lowest BCUT2D eigenvalue weighted by atomic mass is 10.2. The molecule has 0 saturated heterocycles. The van der Waals surface area contributed by atoms with Crippen molar-refractivity contribution in [1.82, 2.24) is 0 Å². The van der Waals surface area contributed by atoms with Crippen LogP contribution in [0.1, 0.15) is 35.7 Å². The molecule has 0 atom stereocenters. The summed E-state index contributed by atoms with van der Waals surface area (Å²) in [5.41, 5.74) is 3.00. The Bertz CT molecular complexity index is 912. The van der Waals surface area contributed by atoms with E-state index in [2.05, 4.69) is 24.1 Å². The van der Waals surface area contributed by atoms with Crippen molar-refractivity contribution in [3.05, 3.63) is 77.7 Å². The minimum Gasteiger partial charge on any atom is -0.486 e. The van der Waals surface area contributed by atoms with Crippen LogP contribution in [0.3, 0.4) is 0 Å². The first kappa shape index (κ1) is 19.5. The van der Waals surface area contributed by atoms with Crippen molar-refractivity contribution < 1.29 is 13.9 Å². The summed E-state index contributed by atoms with van der Waals surface area (Å²) in [4.78, 5) is 14.7. The predicted molar refractivity (Wildman–Crippen MR) is 112 cm³/mol. The molecule has 1 heterocycles. The summed E-state index contributed by atoms with van der Waals surface area (Å²) in [7, 11) is 0. The number of ether oxygens (including phenoxy) is 1. The zero-order chi connectivity index (χ0) is 19.9. The molecule has 3 rings (SSSR count). The molecule has 0 bridgehead atoms. The Morgan fingerprint density at radius 1 is 1.04 bits per heavy atom. The van der Waals surface area contributed by atoms with Gasteiger partial charge in [-0.1, -0.05) is 12.1 Å². The maximum Gasteiger partial charge on any atom is 0.291 e. The first-order valence-electron chi connectivity index (χ1n) is 9.53. The van der Waals surface area contributed by atoms with Crippen LogP contribution < -0.4 is 15.0 Å². The van der Waals surface area contributed by atoms with Gasteiger partial charge in [0.15, 0.2) is 5.76 Å². The highest BCUT2D eigenvalue weighted by atomic mass is 16.5. The van der Waals surface area contributed by atoms with Crippen molar-refractivity contribution in [2.75, 3.05) is 23.3 Å². The van der Waals surface area contributed by atoms with E-state index < -0.39 is 0 Å². The van der Waals surface area contributed by atoms with Crippen molar-refractivity contribution in [2.24, 2.45) is 0 Å². The third kappa shape index (κ3) is 4.94.